The molecule has 90 valence electrons. The number of carbonyl (C=O) groups excluding carboxylic acids is 1. The summed E-state index contributed by atoms with van der Waals surface area (Å²) in [6.45, 7) is 8.31. The Morgan fingerprint density at radius 3 is 2.20 bits per heavy atom. The smallest absolute Gasteiger partial charge is 0.161 e. The molecule has 2 heteroatoms. The molecule has 0 fully saturated rings. The van der Waals surface area contributed by atoms with Gasteiger partial charge in [0.2, 0.25) is 0 Å². The van der Waals surface area contributed by atoms with Gasteiger partial charge in [0.1, 0.15) is 5.60 Å². The summed E-state index contributed by atoms with van der Waals surface area (Å²) in [6, 6.07) is 0. The lowest BCUT2D eigenvalue weighted by molar-refractivity contribution is -0.140. The van der Waals surface area contributed by atoms with Gasteiger partial charge in [-0.2, -0.15) is 0 Å². The number of rotatable bonds is 9. The molecule has 0 aromatic heterocycles. The van der Waals surface area contributed by atoms with E-state index in [-0.39, 0.29) is 5.78 Å². The molecule has 2 nitrogen and oxygen atoms in total. The predicted molar refractivity (Wildman–Crippen MR) is 64.1 cm³/mol. The zero-order chi connectivity index (χ0) is 11.7. The maximum atomic E-state index is 11.5. The van der Waals surface area contributed by atoms with Gasteiger partial charge in [-0.3, -0.25) is 4.79 Å². The second-order valence-corrected chi connectivity index (χ2v) is 4.38. The minimum absolute atomic E-state index is 0.153. The summed E-state index contributed by atoms with van der Waals surface area (Å²) in [6.07, 6.45) is 7.00. The molecule has 0 aliphatic rings. The van der Waals surface area contributed by atoms with E-state index in [4.69, 9.17) is 4.74 Å². The molecule has 1 atom stereocenters. The fraction of sp³-hybridized carbons (Fsp3) is 0.923. The van der Waals surface area contributed by atoms with Crippen molar-refractivity contribution in [3.05, 3.63) is 0 Å². The zero-order valence-corrected chi connectivity index (χ0v) is 10.8. The normalized spacial score (nSPS) is 14.9. The van der Waals surface area contributed by atoms with Crippen molar-refractivity contribution in [2.75, 3.05) is 6.61 Å². The molecule has 0 aromatic carbocycles. The van der Waals surface area contributed by atoms with E-state index in [0.717, 1.165) is 12.8 Å². The van der Waals surface area contributed by atoms with Gasteiger partial charge in [0.15, 0.2) is 5.78 Å². The average molecular weight is 214 g/mol. The summed E-state index contributed by atoms with van der Waals surface area (Å²) in [4.78, 5) is 11.5. The van der Waals surface area contributed by atoms with Gasteiger partial charge in [-0.15, -0.1) is 0 Å². The first-order chi connectivity index (χ1) is 7.06. The largest absolute Gasteiger partial charge is 0.368 e. The van der Waals surface area contributed by atoms with Gasteiger partial charge in [0.05, 0.1) is 0 Å². The molecule has 0 aliphatic carbocycles. The predicted octanol–water partition coefficient (Wildman–Crippen LogP) is 3.73. The summed E-state index contributed by atoms with van der Waals surface area (Å²) in [5.74, 6) is 0.153. The molecule has 0 saturated heterocycles. The minimum Gasteiger partial charge on any atom is -0.368 e. The molecule has 0 amide bonds. The summed E-state index contributed by atoms with van der Waals surface area (Å²) in [5, 5.41) is 0. The maximum Gasteiger partial charge on any atom is 0.161 e. The van der Waals surface area contributed by atoms with Crippen LogP contribution in [-0.2, 0) is 9.53 Å². The highest BCUT2D eigenvalue weighted by molar-refractivity contribution is 5.84. The van der Waals surface area contributed by atoms with Crippen molar-refractivity contribution in [2.24, 2.45) is 0 Å². The second kappa shape index (κ2) is 7.86. The van der Waals surface area contributed by atoms with Crippen LogP contribution in [-0.4, -0.2) is 18.0 Å². The Hall–Kier alpha value is -0.370. The summed E-state index contributed by atoms with van der Waals surface area (Å²) < 4.78 is 5.55. The molecule has 0 heterocycles. The molecule has 1 unspecified atom stereocenters. The first kappa shape index (κ1) is 14.6. The van der Waals surface area contributed by atoms with Crippen molar-refractivity contribution >= 4 is 5.78 Å². The number of hydrogen-bond donors (Lipinski definition) is 0. The van der Waals surface area contributed by atoms with Crippen molar-refractivity contribution in [1.29, 1.82) is 0 Å². The van der Waals surface area contributed by atoms with Crippen LogP contribution in [0.15, 0.2) is 0 Å². The standard InChI is InChI=1S/C13H26O2/c1-5-7-8-9-10-11-13(4,12(3)14)15-6-2/h5-11H2,1-4H3. The van der Waals surface area contributed by atoms with E-state index in [9.17, 15) is 4.79 Å². The first-order valence-electron chi connectivity index (χ1n) is 6.21. The number of ether oxygens (including phenoxy) is 1. The van der Waals surface area contributed by atoms with Crippen molar-refractivity contribution in [1.82, 2.24) is 0 Å². The van der Waals surface area contributed by atoms with Crippen LogP contribution >= 0.6 is 0 Å². The lowest BCUT2D eigenvalue weighted by atomic mass is 9.93. The maximum absolute atomic E-state index is 11.5. The van der Waals surface area contributed by atoms with E-state index in [1.54, 1.807) is 6.92 Å². The van der Waals surface area contributed by atoms with Gasteiger partial charge in [-0.25, -0.2) is 0 Å². The number of hydrogen-bond acceptors (Lipinski definition) is 2. The monoisotopic (exact) mass is 214 g/mol. The van der Waals surface area contributed by atoms with Crippen LogP contribution < -0.4 is 0 Å². The van der Waals surface area contributed by atoms with Gasteiger partial charge < -0.3 is 4.74 Å². The third kappa shape index (κ3) is 5.93. The summed E-state index contributed by atoms with van der Waals surface area (Å²) >= 11 is 0. The Balaban J connectivity index is 3.81. The molecular formula is C13H26O2. The molecule has 0 spiro atoms. The quantitative estimate of drug-likeness (QED) is 0.547. The van der Waals surface area contributed by atoms with Crippen molar-refractivity contribution in [3.63, 3.8) is 0 Å². The summed E-state index contributed by atoms with van der Waals surface area (Å²) in [5.41, 5.74) is -0.541. The van der Waals surface area contributed by atoms with E-state index < -0.39 is 5.60 Å². The SMILES string of the molecule is CCCCCCCC(C)(OCC)C(C)=O. The van der Waals surface area contributed by atoms with Crippen LogP contribution in [0, 0.1) is 0 Å². The van der Waals surface area contributed by atoms with Gasteiger partial charge >= 0.3 is 0 Å². The highest BCUT2D eigenvalue weighted by atomic mass is 16.5. The van der Waals surface area contributed by atoms with E-state index in [1.807, 2.05) is 13.8 Å². The summed E-state index contributed by atoms with van der Waals surface area (Å²) in [7, 11) is 0. The third-order valence-corrected chi connectivity index (χ3v) is 2.97. The van der Waals surface area contributed by atoms with Gasteiger partial charge in [-0.1, -0.05) is 39.0 Å². The van der Waals surface area contributed by atoms with Crippen LogP contribution in [0.4, 0.5) is 0 Å². The molecule has 0 aliphatic heterocycles. The molecule has 0 aromatic rings. The van der Waals surface area contributed by atoms with E-state index in [1.165, 1.54) is 25.7 Å². The third-order valence-electron chi connectivity index (χ3n) is 2.97. The molecular weight excluding hydrogens is 188 g/mol. The fourth-order valence-corrected chi connectivity index (χ4v) is 1.73. The van der Waals surface area contributed by atoms with Crippen LogP contribution in [0.1, 0.15) is 66.2 Å². The molecule has 0 radical (unpaired) electrons. The zero-order valence-electron chi connectivity index (χ0n) is 10.8. The van der Waals surface area contributed by atoms with Gasteiger partial charge in [0, 0.05) is 6.61 Å². The fourth-order valence-electron chi connectivity index (χ4n) is 1.73. The highest BCUT2D eigenvalue weighted by Gasteiger charge is 2.29. The number of unbranched alkanes of at least 4 members (excludes halogenated alkanes) is 4. The molecule has 15 heavy (non-hydrogen) atoms. The van der Waals surface area contributed by atoms with Crippen molar-refractivity contribution in [3.8, 4) is 0 Å². The lowest BCUT2D eigenvalue weighted by Crippen LogP contribution is -2.36. The number of ketones is 1. The highest BCUT2D eigenvalue weighted by Crippen LogP contribution is 2.21. The Morgan fingerprint density at radius 1 is 1.13 bits per heavy atom. The number of Topliss-reactive ketones (excluding diaryl/α,β-unsaturated/α-hetero) is 1. The molecule has 0 rings (SSSR count). The Morgan fingerprint density at radius 2 is 1.73 bits per heavy atom. The average Bonchev–Trinajstić information content (AvgIpc) is 2.18. The number of carbonyl (C=O) groups is 1. The Kier molecular flexibility index (Phi) is 7.67. The van der Waals surface area contributed by atoms with E-state index in [2.05, 4.69) is 6.92 Å². The Bertz CT molecular complexity index is 177. The topological polar surface area (TPSA) is 26.3 Å². The van der Waals surface area contributed by atoms with Gasteiger partial charge in [0.25, 0.3) is 0 Å². The lowest BCUT2D eigenvalue weighted by Gasteiger charge is -2.26. The second-order valence-electron chi connectivity index (χ2n) is 4.38. The van der Waals surface area contributed by atoms with Crippen LogP contribution in [0.25, 0.3) is 0 Å². The van der Waals surface area contributed by atoms with Gasteiger partial charge in [-0.05, 0) is 27.2 Å². The van der Waals surface area contributed by atoms with Crippen LogP contribution in [0.2, 0.25) is 0 Å². The van der Waals surface area contributed by atoms with Crippen molar-refractivity contribution in [2.45, 2.75) is 71.8 Å². The van der Waals surface area contributed by atoms with Crippen LogP contribution in [0.5, 0.6) is 0 Å². The van der Waals surface area contributed by atoms with Crippen molar-refractivity contribution < 1.29 is 9.53 Å². The minimum atomic E-state index is -0.541. The Labute approximate surface area is 94.4 Å². The first-order valence-corrected chi connectivity index (χ1v) is 6.21. The molecule has 0 N–H and O–H groups in total. The molecule has 0 bridgehead atoms. The van der Waals surface area contributed by atoms with E-state index in [0.29, 0.717) is 6.61 Å². The van der Waals surface area contributed by atoms with Crippen LogP contribution in [0.3, 0.4) is 0 Å². The molecule has 0 saturated carbocycles. The van der Waals surface area contributed by atoms with E-state index >= 15 is 0 Å².